The molecule has 1 aliphatic heterocycles. The second kappa shape index (κ2) is 9.13. The van der Waals surface area contributed by atoms with Crippen LogP contribution in [0, 0.1) is 0 Å². The summed E-state index contributed by atoms with van der Waals surface area (Å²) < 4.78 is 17.0. The fraction of sp³-hybridized carbons (Fsp3) is 0.455. The van der Waals surface area contributed by atoms with Crippen molar-refractivity contribution in [3.05, 3.63) is 42.2 Å². The quantitative estimate of drug-likeness (QED) is 0.614. The molecular formula is C22H28N4O3. The fourth-order valence-electron chi connectivity index (χ4n) is 3.65. The Morgan fingerprint density at radius 2 is 2.07 bits per heavy atom. The highest BCUT2D eigenvalue weighted by Crippen LogP contribution is 2.29. The first-order valence-corrected chi connectivity index (χ1v) is 10.2. The molecule has 7 nitrogen and oxygen atoms in total. The van der Waals surface area contributed by atoms with E-state index in [0.29, 0.717) is 24.2 Å². The Balaban J connectivity index is 1.31. The van der Waals surface area contributed by atoms with Gasteiger partial charge in [0.15, 0.2) is 17.1 Å². The van der Waals surface area contributed by atoms with Gasteiger partial charge in [0.2, 0.25) is 0 Å². The molecule has 0 amide bonds. The van der Waals surface area contributed by atoms with Gasteiger partial charge >= 0.3 is 0 Å². The van der Waals surface area contributed by atoms with Crippen LogP contribution in [0.3, 0.4) is 0 Å². The number of hydrogen-bond donors (Lipinski definition) is 1. The van der Waals surface area contributed by atoms with Crippen LogP contribution in [0.4, 0.5) is 6.01 Å². The number of ether oxygens (including phenoxy) is 2. The van der Waals surface area contributed by atoms with Crippen molar-refractivity contribution in [3.8, 4) is 11.5 Å². The van der Waals surface area contributed by atoms with Crippen LogP contribution in [0.1, 0.15) is 31.7 Å². The largest absolute Gasteiger partial charge is 0.493 e. The van der Waals surface area contributed by atoms with E-state index in [2.05, 4.69) is 39.2 Å². The van der Waals surface area contributed by atoms with Gasteiger partial charge in [0.1, 0.15) is 5.52 Å². The van der Waals surface area contributed by atoms with Crippen molar-refractivity contribution >= 4 is 17.1 Å². The third-order valence-electron chi connectivity index (χ3n) is 5.20. The lowest BCUT2D eigenvalue weighted by Crippen LogP contribution is -2.38. The third kappa shape index (κ3) is 4.79. The predicted molar refractivity (Wildman–Crippen MR) is 113 cm³/mol. The van der Waals surface area contributed by atoms with Crippen molar-refractivity contribution in [2.75, 3.05) is 32.1 Å². The van der Waals surface area contributed by atoms with E-state index in [1.807, 2.05) is 12.1 Å². The van der Waals surface area contributed by atoms with Gasteiger partial charge in [0.05, 0.1) is 19.9 Å². The number of anilines is 1. The lowest BCUT2D eigenvalue weighted by atomic mass is 10.0. The van der Waals surface area contributed by atoms with Crippen molar-refractivity contribution in [2.45, 2.75) is 38.8 Å². The number of benzene rings is 1. The highest BCUT2D eigenvalue weighted by atomic mass is 16.5. The molecule has 4 rings (SSSR count). The lowest BCUT2D eigenvalue weighted by molar-refractivity contribution is 0.209. The zero-order valence-electron chi connectivity index (χ0n) is 17.1. The number of hydrogen-bond acceptors (Lipinski definition) is 7. The molecule has 3 aromatic rings. The first kappa shape index (κ1) is 19.5. The van der Waals surface area contributed by atoms with Crippen LogP contribution in [-0.2, 0) is 6.54 Å². The second-order valence-electron chi connectivity index (χ2n) is 7.39. The summed E-state index contributed by atoms with van der Waals surface area (Å²) in [6, 6.07) is 9.03. The molecule has 1 aliphatic rings. The summed E-state index contributed by atoms with van der Waals surface area (Å²) in [5, 5.41) is 3.43. The van der Waals surface area contributed by atoms with E-state index in [-0.39, 0.29) is 0 Å². The third-order valence-corrected chi connectivity index (χ3v) is 5.20. The summed E-state index contributed by atoms with van der Waals surface area (Å²) in [6.07, 6.45) is 6.50. The standard InChI is InChI=1S/C22H28N4O3/c1-3-12-28-20-13-16(4-5-19(20)27-2)15-26-10-7-17(8-11-26)24-22-25-18-6-9-23-14-21(18)29-22/h4-6,9,13-14,17H,3,7-8,10-12,15H2,1-2H3,(H,24,25). The van der Waals surface area contributed by atoms with Crippen LogP contribution in [0.25, 0.3) is 11.1 Å². The predicted octanol–water partition coefficient (Wildman–Crippen LogP) is 4.10. The molecule has 0 spiro atoms. The van der Waals surface area contributed by atoms with Crippen LogP contribution in [0.5, 0.6) is 11.5 Å². The van der Waals surface area contributed by atoms with Gasteiger partial charge in [-0.15, -0.1) is 0 Å². The van der Waals surface area contributed by atoms with Crippen LogP contribution >= 0.6 is 0 Å². The Hall–Kier alpha value is -2.80. The van der Waals surface area contributed by atoms with E-state index in [4.69, 9.17) is 13.9 Å². The zero-order valence-corrected chi connectivity index (χ0v) is 17.1. The zero-order chi connectivity index (χ0) is 20.1. The lowest BCUT2D eigenvalue weighted by Gasteiger charge is -2.32. The summed E-state index contributed by atoms with van der Waals surface area (Å²) in [4.78, 5) is 11.0. The van der Waals surface area contributed by atoms with Crippen molar-refractivity contribution in [2.24, 2.45) is 0 Å². The van der Waals surface area contributed by atoms with Gasteiger partial charge < -0.3 is 19.2 Å². The van der Waals surface area contributed by atoms with Crippen molar-refractivity contribution < 1.29 is 13.9 Å². The van der Waals surface area contributed by atoms with E-state index in [1.165, 1.54) is 5.56 Å². The average molecular weight is 396 g/mol. The topological polar surface area (TPSA) is 72.7 Å². The summed E-state index contributed by atoms with van der Waals surface area (Å²) in [5.41, 5.74) is 2.79. The molecular weight excluding hydrogens is 368 g/mol. The molecule has 0 saturated carbocycles. The molecule has 0 bridgehead atoms. The van der Waals surface area contributed by atoms with Gasteiger partial charge in [-0.2, -0.15) is 4.98 Å². The van der Waals surface area contributed by atoms with Crippen molar-refractivity contribution in [1.29, 1.82) is 0 Å². The van der Waals surface area contributed by atoms with Crippen LogP contribution in [0.15, 0.2) is 41.1 Å². The normalized spacial score (nSPS) is 15.5. The number of likely N-dealkylation sites (tertiary alicyclic amines) is 1. The molecule has 29 heavy (non-hydrogen) atoms. The van der Waals surface area contributed by atoms with E-state index in [9.17, 15) is 0 Å². The van der Waals surface area contributed by atoms with E-state index >= 15 is 0 Å². The molecule has 1 fully saturated rings. The monoisotopic (exact) mass is 396 g/mol. The van der Waals surface area contributed by atoms with Crippen LogP contribution < -0.4 is 14.8 Å². The number of oxazole rings is 1. The van der Waals surface area contributed by atoms with Gasteiger partial charge in [-0.25, -0.2) is 0 Å². The summed E-state index contributed by atoms with van der Waals surface area (Å²) in [7, 11) is 1.68. The molecule has 1 aromatic carbocycles. The highest BCUT2D eigenvalue weighted by Gasteiger charge is 2.21. The Labute approximate surface area is 171 Å². The van der Waals surface area contributed by atoms with Gasteiger partial charge in [-0.05, 0) is 43.0 Å². The fourth-order valence-corrected chi connectivity index (χ4v) is 3.65. The molecule has 3 heterocycles. The van der Waals surface area contributed by atoms with E-state index in [0.717, 1.165) is 55.9 Å². The van der Waals surface area contributed by atoms with E-state index < -0.39 is 0 Å². The molecule has 0 atom stereocenters. The maximum absolute atomic E-state index is 5.84. The van der Waals surface area contributed by atoms with Crippen molar-refractivity contribution in [1.82, 2.24) is 14.9 Å². The number of rotatable bonds is 8. The molecule has 7 heteroatoms. The van der Waals surface area contributed by atoms with Crippen LogP contribution in [0.2, 0.25) is 0 Å². The number of aromatic nitrogens is 2. The molecule has 0 aliphatic carbocycles. The van der Waals surface area contributed by atoms with Crippen molar-refractivity contribution in [3.63, 3.8) is 0 Å². The number of pyridine rings is 1. The second-order valence-corrected chi connectivity index (χ2v) is 7.39. The summed E-state index contributed by atoms with van der Waals surface area (Å²) >= 11 is 0. The Kier molecular flexibility index (Phi) is 6.14. The smallest absolute Gasteiger partial charge is 0.295 e. The first-order valence-electron chi connectivity index (χ1n) is 10.2. The number of piperidine rings is 1. The average Bonchev–Trinajstić information content (AvgIpc) is 3.16. The maximum Gasteiger partial charge on any atom is 0.295 e. The summed E-state index contributed by atoms with van der Waals surface area (Å²) in [5.74, 6) is 1.62. The highest BCUT2D eigenvalue weighted by molar-refractivity contribution is 5.72. The number of methoxy groups -OCH3 is 1. The van der Waals surface area contributed by atoms with E-state index in [1.54, 1.807) is 19.5 Å². The Bertz CT molecular complexity index is 902. The minimum atomic E-state index is 0.367. The molecule has 1 saturated heterocycles. The SMILES string of the molecule is CCCOc1cc(CN2CCC(Nc3nc4ccncc4o3)CC2)ccc1OC. The van der Waals surface area contributed by atoms with Crippen LogP contribution in [-0.4, -0.2) is 47.7 Å². The minimum Gasteiger partial charge on any atom is -0.493 e. The first-order chi connectivity index (χ1) is 14.2. The molecule has 0 unspecified atom stereocenters. The minimum absolute atomic E-state index is 0.367. The molecule has 2 aromatic heterocycles. The molecule has 0 radical (unpaired) electrons. The van der Waals surface area contributed by atoms with Gasteiger partial charge in [-0.3, -0.25) is 9.88 Å². The van der Waals surface area contributed by atoms with Gasteiger partial charge in [-0.1, -0.05) is 13.0 Å². The van der Waals surface area contributed by atoms with Gasteiger partial charge in [0.25, 0.3) is 6.01 Å². The summed E-state index contributed by atoms with van der Waals surface area (Å²) in [6.45, 7) is 5.76. The Morgan fingerprint density at radius 1 is 1.21 bits per heavy atom. The molecule has 154 valence electrons. The maximum atomic E-state index is 5.84. The number of nitrogens with zero attached hydrogens (tertiary/aromatic N) is 3. The number of fused-ring (bicyclic) bond motifs is 1. The van der Waals surface area contributed by atoms with Gasteiger partial charge in [0, 0.05) is 31.9 Å². The number of nitrogens with one attached hydrogen (secondary N) is 1. The molecule has 1 N–H and O–H groups in total. The Morgan fingerprint density at radius 3 is 2.83 bits per heavy atom.